The van der Waals surface area contributed by atoms with Gasteiger partial charge < -0.3 is 26.6 Å². The molecule has 106 valence electrons. The third-order valence-electron chi connectivity index (χ3n) is 1.92. The number of nitrogens with one attached hydrogen (secondary N) is 1. The molecule has 0 radical (unpaired) electrons. The molecule has 0 heterocycles. The van der Waals surface area contributed by atoms with Gasteiger partial charge in [0.15, 0.2) is 0 Å². The standard InChI is InChI=1S/C6H19NO6Si2.C2H6/c1-8-14(9-2,10-3)7-15(11-4,12-5)13-6;1-2/h7H,1-6H3;1-2H3. The highest BCUT2D eigenvalue weighted by molar-refractivity contribution is 6.75. The number of hydrogen-bond acceptors (Lipinski definition) is 7. The lowest BCUT2D eigenvalue weighted by molar-refractivity contribution is 0.0782. The lowest BCUT2D eigenvalue weighted by Gasteiger charge is -2.32. The van der Waals surface area contributed by atoms with Crippen LogP contribution in [0.2, 0.25) is 0 Å². The molecule has 0 saturated carbocycles. The van der Waals surface area contributed by atoms with E-state index in [4.69, 9.17) is 26.6 Å². The molecular formula is C8H25NO6Si2. The zero-order valence-corrected chi connectivity index (χ0v) is 13.9. The Morgan fingerprint density at radius 3 is 0.824 bits per heavy atom. The summed E-state index contributed by atoms with van der Waals surface area (Å²) in [4.78, 5) is 0. The van der Waals surface area contributed by atoms with Crippen LogP contribution in [-0.4, -0.2) is 60.6 Å². The molecular weight excluding hydrogens is 262 g/mol. The van der Waals surface area contributed by atoms with E-state index < -0.39 is 17.9 Å². The summed E-state index contributed by atoms with van der Waals surface area (Å²) in [5, 5.41) is 0. The summed E-state index contributed by atoms with van der Waals surface area (Å²) in [7, 11) is 2.91. The van der Waals surface area contributed by atoms with Crippen molar-refractivity contribution in [1.82, 2.24) is 4.65 Å². The van der Waals surface area contributed by atoms with E-state index in [1.165, 1.54) is 42.7 Å². The zero-order valence-electron chi connectivity index (χ0n) is 11.9. The molecule has 0 fully saturated rings. The smallest absolute Gasteiger partial charge is 0.365 e. The summed E-state index contributed by atoms with van der Waals surface area (Å²) in [6.45, 7) is 4.00. The molecule has 0 aromatic carbocycles. The zero-order chi connectivity index (χ0) is 13.9. The van der Waals surface area contributed by atoms with Crippen molar-refractivity contribution in [2.45, 2.75) is 13.8 Å². The van der Waals surface area contributed by atoms with Crippen LogP contribution in [-0.2, 0) is 26.6 Å². The molecule has 9 heteroatoms. The van der Waals surface area contributed by atoms with E-state index in [1.54, 1.807) is 0 Å². The summed E-state index contributed by atoms with van der Waals surface area (Å²) >= 11 is 0. The predicted octanol–water partition coefficient (Wildman–Crippen LogP) is 0.352. The number of hydrogen-bond donors (Lipinski definition) is 1. The Balaban J connectivity index is 0. The third-order valence-corrected chi connectivity index (χ3v) is 7.59. The van der Waals surface area contributed by atoms with E-state index in [-0.39, 0.29) is 0 Å². The molecule has 0 atom stereocenters. The molecule has 0 bridgehead atoms. The normalized spacial score (nSPS) is 12.0. The van der Waals surface area contributed by atoms with E-state index in [1.807, 2.05) is 13.8 Å². The minimum atomic E-state index is -2.98. The highest BCUT2D eigenvalue weighted by Gasteiger charge is 2.53. The van der Waals surface area contributed by atoms with Crippen LogP contribution in [0.5, 0.6) is 0 Å². The Labute approximate surface area is 106 Å². The molecule has 0 amide bonds. The van der Waals surface area contributed by atoms with Crippen LogP contribution in [0.3, 0.4) is 0 Å². The quantitative estimate of drug-likeness (QED) is 0.646. The van der Waals surface area contributed by atoms with Crippen molar-refractivity contribution < 1.29 is 26.6 Å². The lowest BCUT2D eigenvalue weighted by atomic mass is 11.0. The summed E-state index contributed by atoms with van der Waals surface area (Å²) in [6.07, 6.45) is 0. The van der Waals surface area contributed by atoms with Gasteiger partial charge in [-0.05, 0) is 0 Å². The molecule has 0 aliphatic carbocycles. The molecule has 0 spiro atoms. The van der Waals surface area contributed by atoms with E-state index in [0.29, 0.717) is 0 Å². The van der Waals surface area contributed by atoms with E-state index in [0.717, 1.165) is 0 Å². The van der Waals surface area contributed by atoms with Crippen LogP contribution in [0.15, 0.2) is 0 Å². The van der Waals surface area contributed by atoms with E-state index in [9.17, 15) is 0 Å². The second-order valence-electron chi connectivity index (χ2n) is 2.46. The fraction of sp³-hybridized carbons (Fsp3) is 1.00. The molecule has 0 aromatic rings. The first kappa shape index (κ1) is 19.5. The second kappa shape index (κ2) is 10.1. The molecule has 0 aliphatic heterocycles. The van der Waals surface area contributed by atoms with Crippen molar-refractivity contribution in [2.24, 2.45) is 0 Å². The highest BCUT2D eigenvalue weighted by Crippen LogP contribution is 2.09. The van der Waals surface area contributed by atoms with Crippen molar-refractivity contribution in [1.29, 1.82) is 0 Å². The minimum Gasteiger partial charge on any atom is -0.365 e. The molecule has 17 heavy (non-hydrogen) atoms. The van der Waals surface area contributed by atoms with Crippen molar-refractivity contribution in [3.05, 3.63) is 0 Å². The lowest BCUT2D eigenvalue weighted by Crippen LogP contribution is -2.71. The van der Waals surface area contributed by atoms with Crippen LogP contribution in [0.1, 0.15) is 13.8 Å². The first-order chi connectivity index (χ1) is 8.07. The van der Waals surface area contributed by atoms with Gasteiger partial charge in [0.25, 0.3) is 0 Å². The Bertz CT molecular complexity index is 143. The van der Waals surface area contributed by atoms with Gasteiger partial charge in [-0.3, -0.25) is 0 Å². The van der Waals surface area contributed by atoms with Gasteiger partial charge in [0.05, 0.1) is 0 Å². The molecule has 0 saturated heterocycles. The van der Waals surface area contributed by atoms with Gasteiger partial charge in [0.1, 0.15) is 0 Å². The minimum absolute atomic E-state index is 1.48. The average Bonchev–Trinajstić information content (AvgIpc) is 2.44. The summed E-state index contributed by atoms with van der Waals surface area (Å²) in [5.41, 5.74) is 0. The van der Waals surface area contributed by atoms with Crippen molar-refractivity contribution >= 4 is 17.9 Å². The second-order valence-corrected chi connectivity index (χ2v) is 8.14. The van der Waals surface area contributed by atoms with Crippen LogP contribution in [0.4, 0.5) is 0 Å². The van der Waals surface area contributed by atoms with Gasteiger partial charge in [-0.2, -0.15) is 0 Å². The van der Waals surface area contributed by atoms with Gasteiger partial charge in [0, 0.05) is 42.7 Å². The topological polar surface area (TPSA) is 67.4 Å². The Kier molecular flexibility index (Phi) is 11.6. The van der Waals surface area contributed by atoms with Gasteiger partial charge in [-0.25, -0.2) is 4.65 Å². The molecule has 0 rings (SSSR count). The monoisotopic (exact) mass is 287 g/mol. The van der Waals surface area contributed by atoms with Crippen molar-refractivity contribution in [3.63, 3.8) is 0 Å². The van der Waals surface area contributed by atoms with Crippen molar-refractivity contribution in [2.75, 3.05) is 42.7 Å². The van der Waals surface area contributed by atoms with Crippen LogP contribution < -0.4 is 4.65 Å². The average molecular weight is 287 g/mol. The maximum atomic E-state index is 5.18. The maximum absolute atomic E-state index is 5.18. The Morgan fingerprint density at radius 1 is 0.529 bits per heavy atom. The van der Waals surface area contributed by atoms with Crippen LogP contribution in [0, 0.1) is 0 Å². The first-order valence-corrected chi connectivity index (χ1v) is 8.62. The SMILES string of the molecule is CC.CO[Si](N[Si](OC)(OC)OC)(OC)OC. The molecule has 1 N–H and O–H groups in total. The summed E-state index contributed by atoms with van der Waals surface area (Å²) in [5.74, 6) is 0. The van der Waals surface area contributed by atoms with Crippen LogP contribution >= 0.6 is 0 Å². The van der Waals surface area contributed by atoms with Gasteiger partial charge >= 0.3 is 17.9 Å². The van der Waals surface area contributed by atoms with E-state index >= 15 is 0 Å². The molecule has 7 nitrogen and oxygen atoms in total. The van der Waals surface area contributed by atoms with Gasteiger partial charge in [0.2, 0.25) is 0 Å². The fourth-order valence-corrected chi connectivity index (χ4v) is 5.94. The molecule has 0 aliphatic rings. The molecule has 0 aromatic heterocycles. The number of rotatable bonds is 8. The summed E-state index contributed by atoms with van der Waals surface area (Å²) < 4.78 is 34.0. The van der Waals surface area contributed by atoms with E-state index in [2.05, 4.69) is 4.65 Å². The Morgan fingerprint density at radius 2 is 0.706 bits per heavy atom. The maximum Gasteiger partial charge on any atom is 0.594 e. The summed E-state index contributed by atoms with van der Waals surface area (Å²) in [6, 6.07) is 0. The third kappa shape index (κ3) is 5.55. The fourth-order valence-electron chi connectivity index (χ4n) is 0.994. The van der Waals surface area contributed by atoms with Gasteiger partial charge in [-0.15, -0.1) is 0 Å². The molecule has 0 unspecified atom stereocenters. The van der Waals surface area contributed by atoms with Crippen molar-refractivity contribution in [3.8, 4) is 0 Å². The largest absolute Gasteiger partial charge is 0.594 e. The van der Waals surface area contributed by atoms with Crippen LogP contribution in [0.25, 0.3) is 0 Å². The van der Waals surface area contributed by atoms with Gasteiger partial charge in [-0.1, -0.05) is 13.8 Å². The highest BCUT2D eigenvalue weighted by atomic mass is 28.5. The predicted molar refractivity (Wildman–Crippen MR) is 68.0 cm³/mol. The first-order valence-electron chi connectivity index (χ1n) is 5.17. The Hall–Kier alpha value is 0.154.